The molecule has 13 rings (SSSR count). The number of fused-ring (bicyclic) bond motifs is 5. The minimum atomic E-state index is 0.0182. The highest BCUT2D eigenvalue weighted by atomic mass is 14.8. The van der Waals surface area contributed by atoms with E-state index in [1.807, 2.05) is 0 Å². The van der Waals surface area contributed by atoms with E-state index in [1.54, 1.807) is 0 Å². The number of aromatic amines is 2. The van der Waals surface area contributed by atoms with Crippen molar-refractivity contribution in [2.75, 3.05) is 0 Å². The summed E-state index contributed by atoms with van der Waals surface area (Å²) in [7, 11) is 0. The number of hydrogen-bond acceptors (Lipinski definition) is 2. The molecule has 0 fully saturated rings. The molecule has 4 aromatic carbocycles. The maximum atomic E-state index is 5.43. The van der Waals surface area contributed by atoms with Gasteiger partial charge in [0.1, 0.15) is 0 Å². The van der Waals surface area contributed by atoms with Crippen molar-refractivity contribution in [3.8, 4) is 0 Å². The number of aryl methyl sites for hydroxylation is 4. The summed E-state index contributed by atoms with van der Waals surface area (Å²) in [6, 6.07) is 19.7. The molecule has 0 amide bonds. The number of hydrogen-bond donors (Lipinski definition) is 2. The van der Waals surface area contributed by atoms with Gasteiger partial charge in [0, 0.05) is 66.9 Å². The van der Waals surface area contributed by atoms with Crippen molar-refractivity contribution in [3.05, 3.63) is 159 Å². The Hall–Kier alpha value is -5.74. The quantitative estimate of drug-likeness (QED) is 0.182. The third-order valence-electron chi connectivity index (χ3n) is 16.3. The van der Waals surface area contributed by atoms with Gasteiger partial charge in [0.25, 0.3) is 0 Å². The first-order valence-corrected chi connectivity index (χ1v) is 24.6. The van der Waals surface area contributed by atoms with Gasteiger partial charge in [0.05, 0.1) is 10.7 Å². The molecule has 2 bridgehead atoms. The Kier molecular flexibility index (Phi) is 8.23. The summed E-state index contributed by atoms with van der Waals surface area (Å²) in [6.45, 7) is 37.1. The van der Waals surface area contributed by atoms with Crippen molar-refractivity contribution in [3.63, 3.8) is 0 Å². The Bertz CT molecular complexity index is 3680. The van der Waals surface area contributed by atoms with Crippen LogP contribution >= 0.6 is 0 Å². The Morgan fingerprint density at radius 3 is 1.03 bits per heavy atom. The fraction of sp³-hybridized carbons (Fsp3) is 0.387. The number of nitrogens with zero attached hydrogens (tertiary/aromatic N) is 2. The lowest BCUT2D eigenvalue weighted by atomic mass is 9.64. The zero-order chi connectivity index (χ0) is 46.6. The van der Waals surface area contributed by atoms with Gasteiger partial charge in [-0.15, -0.1) is 0 Å². The van der Waals surface area contributed by atoms with E-state index < -0.39 is 0 Å². The van der Waals surface area contributed by atoms with E-state index >= 15 is 0 Å². The largest absolute Gasteiger partial charge is 0.359 e. The average Bonchev–Trinajstić information content (AvgIpc) is 4.05. The second-order valence-corrected chi connectivity index (χ2v) is 24.9. The second kappa shape index (κ2) is 13.0. The van der Waals surface area contributed by atoms with Crippen molar-refractivity contribution < 1.29 is 0 Å². The Labute approximate surface area is 389 Å². The monoisotopic (exact) mass is 867 g/mol. The fourth-order valence-corrected chi connectivity index (χ4v) is 12.9. The molecule has 0 saturated carbocycles. The molecule has 2 aliphatic heterocycles. The summed E-state index contributed by atoms with van der Waals surface area (Å²) in [4.78, 5) is 18.8. The molecule has 334 valence electrons. The van der Waals surface area contributed by atoms with Crippen LogP contribution in [0.1, 0.15) is 186 Å². The first kappa shape index (κ1) is 41.7. The van der Waals surface area contributed by atoms with Crippen LogP contribution < -0.4 is 10.7 Å². The van der Waals surface area contributed by atoms with Gasteiger partial charge in [0.2, 0.25) is 0 Å². The number of H-pyrrole nitrogens is 2. The molecule has 4 heterocycles. The zero-order valence-corrected chi connectivity index (χ0v) is 42.2. The van der Waals surface area contributed by atoms with Gasteiger partial charge in [-0.25, -0.2) is 0 Å². The topological polar surface area (TPSA) is 57.4 Å². The van der Waals surface area contributed by atoms with Crippen LogP contribution in [-0.4, -0.2) is 19.9 Å². The Morgan fingerprint density at radius 2 is 0.727 bits per heavy atom. The Morgan fingerprint density at radius 1 is 0.424 bits per heavy atom. The predicted octanol–water partition coefficient (Wildman–Crippen LogP) is 14.0. The summed E-state index contributed by atoms with van der Waals surface area (Å²) in [5.74, 6) is 0.619. The van der Waals surface area contributed by atoms with Crippen LogP contribution in [0, 0.1) is 48.6 Å². The molecule has 66 heavy (non-hydrogen) atoms. The number of rotatable bonds is 2. The molecule has 4 heteroatoms. The molecule has 4 nitrogen and oxygen atoms in total. The van der Waals surface area contributed by atoms with Crippen LogP contribution in [0.25, 0.3) is 55.2 Å². The van der Waals surface area contributed by atoms with Crippen LogP contribution in [0.3, 0.4) is 0 Å². The van der Waals surface area contributed by atoms with Crippen LogP contribution in [0.15, 0.2) is 48.5 Å². The van der Waals surface area contributed by atoms with E-state index in [9.17, 15) is 0 Å². The number of nitrogens with one attached hydrogen (secondary N) is 2. The third kappa shape index (κ3) is 5.69. The molecular weight excluding hydrogens is 801 g/mol. The second-order valence-electron chi connectivity index (χ2n) is 24.9. The number of aromatic nitrogens is 4. The van der Waals surface area contributed by atoms with Crippen LogP contribution in [0.4, 0.5) is 0 Å². The summed E-state index contributed by atoms with van der Waals surface area (Å²) < 4.78 is 0. The molecule has 0 spiro atoms. The van der Waals surface area contributed by atoms with Crippen molar-refractivity contribution in [1.29, 1.82) is 0 Å². The number of benzene rings is 4. The maximum Gasteiger partial charge on any atom is 0.0739 e. The van der Waals surface area contributed by atoms with Crippen LogP contribution in [0.5, 0.6) is 0 Å². The van der Waals surface area contributed by atoms with Gasteiger partial charge in [0.15, 0.2) is 0 Å². The van der Waals surface area contributed by atoms with Crippen molar-refractivity contribution >= 4 is 55.2 Å². The molecule has 2 aromatic heterocycles. The smallest absolute Gasteiger partial charge is 0.0739 e. The SMILES string of the molecule is Cc1[nH]c(/C=c2\nc(C)c3c4cc(C(C)(C)C)cc5cc(C(C)(C)C)cc(c2=3)c54)c2c1C1CCC2c2c(C)[nH]c(/C=c3\nc(C)c4c5cc(C(C)(C)C)cc6cc(C(C)(C)C)cc(c3=4)c65)c21. The Balaban J connectivity index is 1.06. The van der Waals surface area contributed by atoms with E-state index in [2.05, 4.69) is 181 Å². The first-order valence-electron chi connectivity index (χ1n) is 24.6. The van der Waals surface area contributed by atoms with E-state index in [0.29, 0.717) is 11.8 Å². The summed E-state index contributed by atoms with van der Waals surface area (Å²) in [6.07, 6.45) is 7.12. The zero-order valence-electron chi connectivity index (χ0n) is 42.2. The normalized spacial score (nSPS) is 17.8. The van der Waals surface area contributed by atoms with Crippen molar-refractivity contribution in [2.45, 2.75) is 157 Å². The predicted molar refractivity (Wildman–Crippen MR) is 277 cm³/mol. The van der Waals surface area contributed by atoms with E-state index in [4.69, 9.17) is 9.97 Å². The highest BCUT2D eigenvalue weighted by molar-refractivity contribution is 6.14. The van der Waals surface area contributed by atoms with Gasteiger partial charge >= 0.3 is 0 Å². The summed E-state index contributed by atoms with van der Waals surface area (Å²) in [5.41, 5.74) is 18.8. The molecule has 0 radical (unpaired) electrons. The molecule has 0 saturated heterocycles. The molecule has 2 N–H and O–H groups in total. The third-order valence-corrected chi connectivity index (χ3v) is 16.3. The summed E-state index contributed by atoms with van der Waals surface area (Å²) in [5, 5.41) is 18.2. The lowest BCUT2D eigenvalue weighted by Gasteiger charge is -2.38. The lowest BCUT2D eigenvalue weighted by Crippen LogP contribution is -2.25. The van der Waals surface area contributed by atoms with E-state index in [1.165, 1.54) is 131 Å². The maximum absolute atomic E-state index is 5.43. The van der Waals surface area contributed by atoms with Gasteiger partial charge in [-0.2, -0.15) is 0 Å². The highest BCUT2D eigenvalue weighted by Crippen LogP contribution is 2.57. The van der Waals surface area contributed by atoms with Crippen molar-refractivity contribution in [1.82, 2.24) is 19.9 Å². The minimum absolute atomic E-state index is 0.0182. The van der Waals surface area contributed by atoms with E-state index in [-0.39, 0.29) is 21.7 Å². The fourth-order valence-electron chi connectivity index (χ4n) is 12.9. The standard InChI is InChI=1S/C62H66N4/c1-29-49-39-17-18-40(55(49)45(63-29)27-47-57-43-25-37(61(11,12)13)21-33-19-35(59(5,6)7)23-41(53(33)43)51(57)31(3)65-47)50-30(2)64-46(56(39)50)28-48-58-44-26-38(62(14,15)16)22-34-20-36(60(8,9)10)24-42(54(34)44)52(58)32(4)66-48/h19-28,39-40,63-64H,17-18H2,1-16H3/b47-27-,48-28-. The van der Waals surface area contributed by atoms with Crippen LogP contribution in [0.2, 0.25) is 0 Å². The minimum Gasteiger partial charge on any atom is -0.359 e. The van der Waals surface area contributed by atoms with Gasteiger partial charge in [-0.05, 0) is 186 Å². The van der Waals surface area contributed by atoms with Crippen LogP contribution in [-0.2, 0) is 21.7 Å². The lowest BCUT2D eigenvalue weighted by molar-refractivity contribution is 0.521. The molecule has 5 aliphatic carbocycles. The molecule has 2 unspecified atom stereocenters. The molecule has 6 aromatic rings. The highest BCUT2D eigenvalue weighted by Gasteiger charge is 2.44. The van der Waals surface area contributed by atoms with Crippen molar-refractivity contribution in [2.24, 2.45) is 0 Å². The first-order chi connectivity index (χ1) is 30.9. The van der Waals surface area contributed by atoms with Gasteiger partial charge in [-0.1, -0.05) is 107 Å². The molecule has 7 aliphatic rings. The average molecular weight is 867 g/mol. The van der Waals surface area contributed by atoms with Gasteiger partial charge in [-0.3, -0.25) is 9.97 Å². The van der Waals surface area contributed by atoms with E-state index in [0.717, 1.165) is 34.9 Å². The van der Waals surface area contributed by atoms with Gasteiger partial charge < -0.3 is 9.97 Å². The molecule has 2 atom stereocenters. The molecular formula is C62H66N4. The summed E-state index contributed by atoms with van der Waals surface area (Å²) >= 11 is 0.